The van der Waals surface area contributed by atoms with Gasteiger partial charge in [0.2, 0.25) is 15.9 Å². The molecule has 0 saturated carbocycles. The Kier molecular flexibility index (Phi) is 7.14. The smallest absolute Gasteiger partial charge is 0.248 e. The number of hydrogen-bond donors (Lipinski definition) is 1. The molecule has 0 spiro atoms. The molecular formula is C19H22Cl2N2O3S. The summed E-state index contributed by atoms with van der Waals surface area (Å²) < 4.78 is 26.0. The summed E-state index contributed by atoms with van der Waals surface area (Å²) in [5.41, 5.74) is 1.94. The third kappa shape index (κ3) is 5.15. The highest BCUT2D eigenvalue weighted by Gasteiger charge is 2.32. The van der Waals surface area contributed by atoms with E-state index in [1.807, 2.05) is 25.1 Å². The minimum atomic E-state index is -3.74. The molecule has 5 nitrogen and oxygen atoms in total. The van der Waals surface area contributed by atoms with Crippen molar-refractivity contribution in [1.29, 1.82) is 0 Å². The molecule has 1 N–H and O–H groups in total. The molecule has 0 aliphatic heterocycles. The van der Waals surface area contributed by atoms with Gasteiger partial charge in [0.1, 0.15) is 6.04 Å². The molecule has 0 aromatic heterocycles. The predicted octanol–water partition coefficient (Wildman–Crippen LogP) is 4.74. The van der Waals surface area contributed by atoms with Crippen LogP contribution in [0.4, 0.5) is 11.4 Å². The molecule has 27 heavy (non-hydrogen) atoms. The van der Waals surface area contributed by atoms with E-state index in [1.54, 1.807) is 13.0 Å². The van der Waals surface area contributed by atoms with Crippen molar-refractivity contribution < 1.29 is 13.2 Å². The third-order valence-electron chi connectivity index (χ3n) is 4.14. The fourth-order valence-corrected chi connectivity index (χ4v) is 4.34. The first-order chi connectivity index (χ1) is 12.7. The van der Waals surface area contributed by atoms with Crippen molar-refractivity contribution in [2.24, 2.45) is 0 Å². The molecule has 0 aliphatic carbocycles. The monoisotopic (exact) mass is 428 g/mol. The van der Waals surface area contributed by atoms with Crippen molar-refractivity contribution in [2.75, 3.05) is 15.9 Å². The van der Waals surface area contributed by atoms with Crippen LogP contribution >= 0.6 is 23.2 Å². The Bertz CT molecular complexity index is 932. The zero-order chi connectivity index (χ0) is 20.2. The molecular weight excluding hydrogens is 407 g/mol. The van der Waals surface area contributed by atoms with Gasteiger partial charge in [-0.25, -0.2) is 8.42 Å². The zero-order valence-corrected chi connectivity index (χ0v) is 17.7. The van der Waals surface area contributed by atoms with E-state index in [0.29, 0.717) is 10.7 Å². The standard InChI is InChI=1S/C19H22Cl2N2O3S/c1-4-13-8-6-7-9-17(13)22-19(24)18(5-2)23(27(3,25)26)14-10-11-15(20)16(21)12-14/h6-12,18H,4-5H2,1-3H3,(H,22,24). The molecule has 1 atom stereocenters. The number of rotatable bonds is 7. The van der Waals surface area contributed by atoms with Crippen LogP contribution in [0.2, 0.25) is 10.0 Å². The summed E-state index contributed by atoms with van der Waals surface area (Å²) in [5.74, 6) is -0.408. The highest BCUT2D eigenvalue weighted by Crippen LogP contribution is 2.30. The lowest BCUT2D eigenvalue weighted by Crippen LogP contribution is -2.47. The van der Waals surface area contributed by atoms with Gasteiger partial charge in [0, 0.05) is 5.69 Å². The molecule has 1 amide bonds. The van der Waals surface area contributed by atoms with Gasteiger partial charge in [0.15, 0.2) is 0 Å². The topological polar surface area (TPSA) is 66.5 Å². The number of carbonyl (C=O) groups is 1. The molecule has 146 valence electrons. The number of aryl methyl sites for hydroxylation is 1. The maximum absolute atomic E-state index is 12.9. The fraction of sp³-hybridized carbons (Fsp3) is 0.316. The first-order valence-corrected chi connectivity index (χ1v) is 11.1. The number of anilines is 2. The van der Waals surface area contributed by atoms with Gasteiger partial charge >= 0.3 is 0 Å². The molecule has 0 bridgehead atoms. The van der Waals surface area contributed by atoms with Gasteiger partial charge in [0.25, 0.3) is 0 Å². The maximum atomic E-state index is 12.9. The highest BCUT2D eigenvalue weighted by atomic mass is 35.5. The predicted molar refractivity (Wildman–Crippen MR) is 112 cm³/mol. The van der Waals surface area contributed by atoms with Gasteiger partial charge in [-0.05, 0) is 42.7 Å². The van der Waals surface area contributed by atoms with Crippen LogP contribution < -0.4 is 9.62 Å². The van der Waals surface area contributed by atoms with Crippen molar-refractivity contribution in [1.82, 2.24) is 0 Å². The van der Waals surface area contributed by atoms with E-state index in [9.17, 15) is 13.2 Å². The lowest BCUT2D eigenvalue weighted by Gasteiger charge is -2.30. The second-order valence-corrected chi connectivity index (χ2v) is 8.76. The van der Waals surface area contributed by atoms with Crippen molar-refractivity contribution in [3.8, 4) is 0 Å². The number of carbonyl (C=O) groups excluding carboxylic acids is 1. The fourth-order valence-electron chi connectivity index (χ4n) is 2.85. The Morgan fingerprint density at radius 2 is 1.78 bits per heavy atom. The lowest BCUT2D eigenvalue weighted by atomic mass is 10.1. The zero-order valence-electron chi connectivity index (χ0n) is 15.4. The molecule has 8 heteroatoms. The minimum absolute atomic E-state index is 0.217. The van der Waals surface area contributed by atoms with Crippen LogP contribution in [-0.4, -0.2) is 26.6 Å². The first-order valence-electron chi connectivity index (χ1n) is 8.52. The second kappa shape index (κ2) is 8.95. The summed E-state index contributed by atoms with van der Waals surface area (Å²) in [7, 11) is -3.74. The average molecular weight is 429 g/mol. The molecule has 0 fully saturated rings. The average Bonchev–Trinajstić information content (AvgIpc) is 2.61. The lowest BCUT2D eigenvalue weighted by molar-refractivity contribution is -0.117. The van der Waals surface area contributed by atoms with E-state index in [2.05, 4.69) is 5.32 Å². The molecule has 0 saturated heterocycles. The number of amides is 1. The van der Waals surface area contributed by atoms with Gasteiger partial charge in [-0.3, -0.25) is 9.10 Å². The van der Waals surface area contributed by atoms with Crippen molar-refractivity contribution in [3.63, 3.8) is 0 Å². The second-order valence-electron chi connectivity index (χ2n) is 6.08. The number of para-hydroxylation sites is 1. The number of sulfonamides is 1. The van der Waals surface area contributed by atoms with Crippen LogP contribution in [0.1, 0.15) is 25.8 Å². The van der Waals surface area contributed by atoms with Crippen molar-refractivity contribution >= 4 is 50.5 Å². The minimum Gasteiger partial charge on any atom is -0.324 e. The summed E-state index contributed by atoms with van der Waals surface area (Å²) in [6, 6.07) is 11.0. The van der Waals surface area contributed by atoms with Gasteiger partial charge in [-0.1, -0.05) is 55.2 Å². The number of nitrogens with one attached hydrogen (secondary N) is 1. The van der Waals surface area contributed by atoms with Gasteiger partial charge in [-0.15, -0.1) is 0 Å². The number of halogens is 2. The normalized spacial score (nSPS) is 12.5. The van der Waals surface area contributed by atoms with Crippen LogP contribution in [0.15, 0.2) is 42.5 Å². The first kappa shape index (κ1) is 21.5. The quantitative estimate of drug-likeness (QED) is 0.692. The highest BCUT2D eigenvalue weighted by molar-refractivity contribution is 7.92. The van der Waals surface area contributed by atoms with Crippen molar-refractivity contribution in [3.05, 3.63) is 58.1 Å². The summed E-state index contributed by atoms with van der Waals surface area (Å²) in [5, 5.41) is 3.38. The van der Waals surface area contributed by atoms with Gasteiger partial charge in [0.05, 0.1) is 22.0 Å². The Morgan fingerprint density at radius 1 is 1.11 bits per heavy atom. The number of hydrogen-bond acceptors (Lipinski definition) is 3. The van der Waals surface area contributed by atoms with Crippen LogP contribution in [0.5, 0.6) is 0 Å². The third-order valence-corrected chi connectivity index (χ3v) is 6.06. The van der Waals surface area contributed by atoms with Crippen LogP contribution in [0, 0.1) is 0 Å². The largest absolute Gasteiger partial charge is 0.324 e. The Morgan fingerprint density at radius 3 is 2.33 bits per heavy atom. The van der Waals surface area contributed by atoms with Crippen LogP contribution in [-0.2, 0) is 21.2 Å². The van der Waals surface area contributed by atoms with E-state index < -0.39 is 22.0 Å². The summed E-state index contributed by atoms with van der Waals surface area (Å²) in [6.07, 6.45) is 2.09. The Labute approximate surface area is 170 Å². The van der Waals surface area contributed by atoms with E-state index in [1.165, 1.54) is 18.2 Å². The SMILES string of the molecule is CCc1ccccc1NC(=O)C(CC)N(c1ccc(Cl)c(Cl)c1)S(C)(=O)=O. The number of nitrogens with zero attached hydrogens (tertiary/aromatic N) is 1. The molecule has 1 unspecified atom stereocenters. The molecule has 0 aliphatic rings. The molecule has 2 aromatic carbocycles. The maximum Gasteiger partial charge on any atom is 0.248 e. The molecule has 2 rings (SSSR count). The van der Waals surface area contributed by atoms with Gasteiger partial charge < -0.3 is 5.32 Å². The van der Waals surface area contributed by atoms with E-state index in [0.717, 1.165) is 22.5 Å². The number of benzene rings is 2. The van der Waals surface area contributed by atoms with E-state index >= 15 is 0 Å². The van der Waals surface area contributed by atoms with Gasteiger partial charge in [-0.2, -0.15) is 0 Å². The van der Waals surface area contributed by atoms with Crippen LogP contribution in [0.3, 0.4) is 0 Å². The molecule has 2 aromatic rings. The van der Waals surface area contributed by atoms with Crippen molar-refractivity contribution in [2.45, 2.75) is 32.7 Å². The van der Waals surface area contributed by atoms with E-state index in [-0.39, 0.29) is 17.1 Å². The summed E-state index contributed by atoms with van der Waals surface area (Å²) >= 11 is 12.0. The van der Waals surface area contributed by atoms with Crippen LogP contribution in [0.25, 0.3) is 0 Å². The summed E-state index contributed by atoms with van der Waals surface area (Å²) in [6.45, 7) is 3.74. The molecule has 0 heterocycles. The Hall–Kier alpha value is -1.76. The Balaban J connectivity index is 2.43. The summed E-state index contributed by atoms with van der Waals surface area (Å²) in [4.78, 5) is 12.9. The van der Waals surface area contributed by atoms with E-state index in [4.69, 9.17) is 23.2 Å². The molecule has 0 radical (unpaired) electrons.